The number of halogens is 1. The zero-order chi connectivity index (χ0) is 12.3. The van der Waals surface area contributed by atoms with Crippen molar-refractivity contribution in [1.29, 1.82) is 5.26 Å². The molecule has 0 aliphatic heterocycles. The molecule has 2 rings (SSSR count). The van der Waals surface area contributed by atoms with E-state index in [1.54, 1.807) is 31.3 Å². The van der Waals surface area contributed by atoms with Gasteiger partial charge >= 0.3 is 0 Å². The number of nitrogens with one attached hydrogen (secondary N) is 1. The summed E-state index contributed by atoms with van der Waals surface area (Å²) in [6.07, 6.45) is 0. The van der Waals surface area contributed by atoms with Crippen LogP contribution in [0.1, 0.15) is 5.56 Å². The van der Waals surface area contributed by atoms with E-state index in [0.717, 1.165) is 5.56 Å². The molecule has 0 unspecified atom stereocenters. The summed E-state index contributed by atoms with van der Waals surface area (Å²) in [6.45, 7) is 0. The Labute approximate surface area is 98.5 Å². The van der Waals surface area contributed by atoms with Gasteiger partial charge < -0.3 is 5.32 Å². The summed E-state index contributed by atoms with van der Waals surface area (Å²) in [7, 11) is 1.71. The van der Waals surface area contributed by atoms with Crippen LogP contribution in [0.3, 0.4) is 0 Å². The van der Waals surface area contributed by atoms with E-state index in [-0.39, 0.29) is 5.82 Å². The molecular weight excluding hydrogens is 217 g/mol. The predicted molar refractivity (Wildman–Crippen MR) is 63.9 cm³/mol. The largest absolute Gasteiger partial charge is 0.372 e. The van der Waals surface area contributed by atoms with Crippen LogP contribution in [0, 0.1) is 17.1 Å². The molecule has 2 aromatic rings. The normalized spacial score (nSPS) is 9.71. The first-order valence-corrected chi connectivity index (χ1v) is 5.09. The van der Waals surface area contributed by atoms with E-state index in [4.69, 9.17) is 5.26 Å². The van der Waals surface area contributed by atoms with Crippen LogP contribution in [0.4, 0.5) is 10.2 Å². The van der Waals surface area contributed by atoms with E-state index in [2.05, 4.69) is 10.3 Å². The quantitative estimate of drug-likeness (QED) is 0.858. The Hall–Kier alpha value is -2.41. The van der Waals surface area contributed by atoms with Crippen molar-refractivity contribution in [3.8, 4) is 17.3 Å². The van der Waals surface area contributed by atoms with Crippen molar-refractivity contribution in [3.63, 3.8) is 0 Å². The van der Waals surface area contributed by atoms with Gasteiger partial charge in [0.15, 0.2) is 0 Å². The standard InChI is InChI=1S/C13H10FN3/c1-16-13-10(8-15)4-7-12(17-13)9-2-5-11(14)6-3-9/h2-7H,1H3,(H,16,17). The van der Waals surface area contributed by atoms with Crippen LogP contribution in [-0.4, -0.2) is 12.0 Å². The highest BCUT2D eigenvalue weighted by atomic mass is 19.1. The molecule has 3 nitrogen and oxygen atoms in total. The number of nitriles is 1. The molecular formula is C13H10FN3. The van der Waals surface area contributed by atoms with Gasteiger partial charge in [0.25, 0.3) is 0 Å². The topological polar surface area (TPSA) is 48.7 Å². The maximum absolute atomic E-state index is 12.8. The maximum Gasteiger partial charge on any atom is 0.144 e. The number of benzene rings is 1. The lowest BCUT2D eigenvalue weighted by molar-refractivity contribution is 0.628. The molecule has 0 saturated heterocycles. The lowest BCUT2D eigenvalue weighted by Gasteiger charge is -2.05. The Morgan fingerprint density at radius 3 is 2.47 bits per heavy atom. The van der Waals surface area contributed by atoms with Crippen LogP contribution in [0.2, 0.25) is 0 Å². The molecule has 0 aliphatic carbocycles. The van der Waals surface area contributed by atoms with Gasteiger partial charge in [0, 0.05) is 12.6 Å². The molecule has 84 valence electrons. The van der Waals surface area contributed by atoms with Gasteiger partial charge in [-0.05, 0) is 36.4 Å². The fourth-order valence-corrected chi connectivity index (χ4v) is 1.52. The molecule has 17 heavy (non-hydrogen) atoms. The minimum atomic E-state index is -0.281. The van der Waals surface area contributed by atoms with Crippen LogP contribution < -0.4 is 5.32 Å². The third-order valence-electron chi connectivity index (χ3n) is 2.39. The Balaban J connectivity index is 2.47. The summed E-state index contributed by atoms with van der Waals surface area (Å²) >= 11 is 0. The molecule has 1 N–H and O–H groups in total. The second-order valence-corrected chi connectivity index (χ2v) is 3.46. The molecule has 4 heteroatoms. The minimum Gasteiger partial charge on any atom is -0.372 e. The molecule has 0 aliphatic rings. The van der Waals surface area contributed by atoms with Crippen LogP contribution >= 0.6 is 0 Å². The number of hydrogen-bond donors (Lipinski definition) is 1. The van der Waals surface area contributed by atoms with Crippen molar-refractivity contribution in [3.05, 3.63) is 47.8 Å². The Morgan fingerprint density at radius 2 is 1.88 bits per heavy atom. The van der Waals surface area contributed by atoms with Gasteiger partial charge in [0.1, 0.15) is 17.7 Å². The van der Waals surface area contributed by atoms with Gasteiger partial charge in [0.2, 0.25) is 0 Å². The molecule has 0 amide bonds. The first-order chi connectivity index (χ1) is 8.24. The Kier molecular flexibility index (Phi) is 3.01. The van der Waals surface area contributed by atoms with Crippen molar-refractivity contribution in [2.45, 2.75) is 0 Å². The number of rotatable bonds is 2. The molecule has 1 aromatic carbocycles. The van der Waals surface area contributed by atoms with Gasteiger partial charge in [-0.15, -0.1) is 0 Å². The molecule has 0 radical (unpaired) electrons. The van der Waals surface area contributed by atoms with Gasteiger partial charge in [-0.2, -0.15) is 5.26 Å². The highest BCUT2D eigenvalue weighted by molar-refractivity contribution is 5.64. The summed E-state index contributed by atoms with van der Waals surface area (Å²) in [5.41, 5.74) is 2.00. The number of anilines is 1. The lowest BCUT2D eigenvalue weighted by atomic mass is 10.1. The number of aromatic nitrogens is 1. The predicted octanol–water partition coefficient (Wildman–Crippen LogP) is 2.80. The molecule has 1 aromatic heterocycles. The van der Waals surface area contributed by atoms with Crippen LogP contribution in [-0.2, 0) is 0 Å². The van der Waals surface area contributed by atoms with Gasteiger partial charge in [-0.1, -0.05) is 0 Å². The second kappa shape index (κ2) is 4.62. The number of nitrogens with zero attached hydrogens (tertiary/aromatic N) is 2. The zero-order valence-electron chi connectivity index (χ0n) is 9.24. The molecule has 0 fully saturated rings. The van der Waals surface area contributed by atoms with Crippen molar-refractivity contribution < 1.29 is 4.39 Å². The lowest BCUT2D eigenvalue weighted by Crippen LogP contribution is -1.97. The molecule has 0 bridgehead atoms. The van der Waals surface area contributed by atoms with Crippen LogP contribution in [0.5, 0.6) is 0 Å². The maximum atomic E-state index is 12.8. The highest BCUT2D eigenvalue weighted by Gasteiger charge is 2.05. The fourth-order valence-electron chi connectivity index (χ4n) is 1.52. The van der Waals surface area contributed by atoms with Crippen molar-refractivity contribution in [1.82, 2.24) is 4.98 Å². The SMILES string of the molecule is CNc1nc(-c2ccc(F)cc2)ccc1C#N. The number of pyridine rings is 1. The van der Waals surface area contributed by atoms with Crippen LogP contribution in [0.25, 0.3) is 11.3 Å². The summed E-state index contributed by atoms with van der Waals surface area (Å²) in [6, 6.07) is 11.6. The van der Waals surface area contributed by atoms with Gasteiger partial charge in [-0.25, -0.2) is 9.37 Å². The van der Waals surface area contributed by atoms with E-state index in [0.29, 0.717) is 17.1 Å². The van der Waals surface area contributed by atoms with Crippen LogP contribution in [0.15, 0.2) is 36.4 Å². The molecule has 0 spiro atoms. The first-order valence-electron chi connectivity index (χ1n) is 5.09. The minimum absolute atomic E-state index is 0.281. The number of hydrogen-bond acceptors (Lipinski definition) is 3. The second-order valence-electron chi connectivity index (χ2n) is 3.46. The zero-order valence-corrected chi connectivity index (χ0v) is 9.24. The van der Waals surface area contributed by atoms with Crippen molar-refractivity contribution in [2.75, 3.05) is 12.4 Å². The monoisotopic (exact) mass is 227 g/mol. The molecule has 0 saturated carbocycles. The summed E-state index contributed by atoms with van der Waals surface area (Å²) in [4.78, 5) is 4.31. The third-order valence-corrected chi connectivity index (χ3v) is 2.39. The Morgan fingerprint density at radius 1 is 1.18 bits per heavy atom. The molecule has 1 heterocycles. The first kappa shape index (κ1) is 11.1. The van der Waals surface area contributed by atoms with Crippen molar-refractivity contribution >= 4 is 5.82 Å². The van der Waals surface area contributed by atoms with Gasteiger partial charge in [0.05, 0.1) is 11.3 Å². The van der Waals surface area contributed by atoms with E-state index in [1.807, 2.05) is 6.07 Å². The van der Waals surface area contributed by atoms with E-state index in [1.165, 1.54) is 12.1 Å². The Bertz CT molecular complexity index is 570. The highest BCUT2D eigenvalue weighted by Crippen LogP contribution is 2.21. The van der Waals surface area contributed by atoms with Gasteiger partial charge in [-0.3, -0.25) is 0 Å². The smallest absolute Gasteiger partial charge is 0.144 e. The van der Waals surface area contributed by atoms with E-state index >= 15 is 0 Å². The van der Waals surface area contributed by atoms with Crippen molar-refractivity contribution in [2.24, 2.45) is 0 Å². The van der Waals surface area contributed by atoms with E-state index in [9.17, 15) is 4.39 Å². The summed E-state index contributed by atoms with van der Waals surface area (Å²) in [5.74, 6) is 0.241. The summed E-state index contributed by atoms with van der Waals surface area (Å²) in [5, 5.41) is 11.7. The fraction of sp³-hybridized carbons (Fsp3) is 0.0769. The molecule has 0 atom stereocenters. The third kappa shape index (κ3) is 2.23. The van der Waals surface area contributed by atoms with E-state index < -0.39 is 0 Å². The summed E-state index contributed by atoms with van der Waals surface area (Å²) < 4.78 is 12.8. The average Bonchev–Trinajstić information content (AvgIpc) is 2.39. The average molecular weight is 227 g/mol.